The van der Waals surface area contributed by atoms with E-state index in [4.69, 9.17) is 4.52 Å². The van der Waals surface area contributed by atoms with Gasteiger partial charge in [0.05, 0.1) is 0 Å². The van der Waals surface area contributed by atoms with Crippen LogP contribution in [0.4, 0.5) is 5.69 Å². The predicted molar refractivity (Wildman–Crippen MR) is 66.5 cm³/mol. The van der Waals surface area contributed by atoms with E-state index in [1.165, 1.54) is 0 Å². The molecule has 3 nitrogen and oxygen atoms in total. The fraction of sp³-hybridized carbons (Fsp3) is 0.167. The van der Waals surface area contributed by atoms with Gasteiger partial charge in [0.15, 0.2) is 0 Å². The molecule has 0 aliphatic carbocycles. The summed E-state index contributed by atoms with van der Waals surface area (Å²) in [6.45, 7) is 0. The molecule has 0 radical (unpaired) electrons. The Morgan fingerprint density at radius 2 is 1.75 bits per heavy atom. The molecule has 0 aliphatic heterocycles. The smallest absolute Gasteiger partial charge is 0.395 e. The van der Waals surface area contributed by atoms with E-state index in [-0.39, 0.29) is 8.69 Å². The van der Waals surface area contributed by atoms with Crippen molar-refractivity contribution < 1.29 is 9.09 Å². The minimum atomic E-state index is -0.327. The molecule has 2 aromatic carbocycles. The minimum absolute atomic E-state index is 0.327. The second-order valence-electron chi connectivity index (χ2n) is 3.69. The van der Waals surface area contributed by atoms with E-state index in [9.17, 15) is 4.57 Å². The van der Waals surface area contributed by atoms with Gasteiger partial charge < -0.3 is 9.42 Å². The van der Waals surface area contributed by atoms with Crippen molar-refractivity contribution in [3.05, 3.63) is 36.4 Å². The molecular weight excluding hydrogens is 221 g/mol. The molecule has 0 saturated heterocycles. The second kappa shape index (κ2) is 4.50. The molecule has 82 valence electrons. The summed E-state index contributed by atoms with van der Waals surface area (Å²) in [7, 11) is 3.66. The van der Waals surface area contributed by atoms with Gasteiger partial charge in [0, 0.05) is 30.6 Å². The zero-order chi connectivity index (χ0) is 11.5. The van der Waals surface area contributed by atoms with E-state index in [1.54, 1.807) is 0 Å². The topological polar surface area (TPSA) is 29.5 Å². The van der Waals surface area contributed by atoms with Gasteiger partial charge in [0.25, 0.3) is 0 Å². The number of benzene rings is 2. The van der Waals surface area contributed by atoms with Crippen molar-refractivity contribution >= 4 is 25.1 Å². The zero-order valence-electron chi connectivity index (χ0n) is 9.18. The third-order valence-corrected chi connectivity index (χ3v) is 2.75. The fourth-order valence-electron chi connectivity index (χ4n) is 1.77. The molecule has 0 saturated carbocycles. The molecule has 0 bridgehead atoms. The SMILES string of the molecule is CN(C)c1cccc2c(OP=O)cccc12. The molecule has 16 heavy (non-hydrogen) atoms. The van der Waals surface area contributed by atoms with Crippen molar-refractivity contribution in [3.63, 3.8) is 0 Å². The Labute approximate surface area is 95.9 Å². The van der Waals surface area contributed by atoms with Crippen molar-refractivity contribution in [2.45, 2.75) is 0 Å². The van der Waals surface area contributed by atoms with Crippen LogP contribution in [0, 0.1) is 0 Å². The average Bonchev–Trinajstić information content (AvgIpc) is 2.29. The Kier molecular flexibility index (Phi) is 3.07. The summed E-state index contributed by atoms with van der Waals surface area (Å²) in [5.41, 5.74) is 1.12. The number of hydrogen-bond acceptors (Lipinski definition) is 3. The Bertz CT molecular complexity index is 525. The maximum Gasteiger partial charge on any atom is 0.395 e. The Morgan fingerprint density at radius 1 is 1.06 bits per heavy atom. The van der Waals surface area contributed by atoms with Crippen LogP contribution in [0.1, 0.15) is 0 Å². The van der Waals surface area contributed by atoms with Gasteiger partial charge in [-0.3, -0.25) is 0 Å². The number of rotatable bonds is 3. The van der Waals surface area contributed by atoms with Crippen molar-refractivity contribution in [2.24, 2.45) is 0 Å². The molecule has 2 rings (SSSR count). The fourth-order valence-corrected chi connectivity index (χ4v) is 2.01. The summed E-state index contributed by atoms with van der Waals surface area (Å²) in [6.07, 6.45) is 0. The molecule has 0 aliphatic rings. The van der Waals surface area contributed by atoms with Gasteiger partial charge in [-0.25, -0.2) is 4.57 Å². The lowest BCUT2D eigenvalue weighted by Crippen LogP contribution is -2.08. The Morgan fingerprint density at radius 3 is 2.44 bits per heavy atom. The van der Waals surface area contributed by atoms with Gasteiger partial charge in [0.2, 0.25) is 0 Å². The lowest BCUT2D eigenvalue weighted by atomic mass is 10.1. The first-order valence-corrected chi connectivity index (χ1v) is 5.66. The highest BCUT2D eigenvalue weighted by Crippen LogP contribution is 2.33. The largest absolute Gasteiger partial charge is 0.407 e. The van der Waals surface area contributed by atoms with E-state index in [0.717, 1.165) is 16.5 Å². The van der Waals surface area contributed by atoms with Crippen LogP contribution >= 0.6 is 8.69 Å². The molecule has 0 aromatic heterocycles. The van der Waals surface area contributed by atoms with Crippen LogP contribution in [0.5, 0.6) is 5.75 Å². The van der Waals surface area contributed by atoms with E-state index in [0.29, 0.717) is 5.75 Å². The van der Waals surface area contributed by atoms with Gasteiger partial charge in [-0.1, -0.05) is 24.3 Å². The van der Waals surface area contributed by atoms with Crippen molar-refractivity contribution in [1.29, 1.82) is 0 Å². The molecule has 0 fully saturated rings. The zero-order valence-corrected chi connectivity index (χ0v) is 10.1. The highest BCUT2D eigenvalue weighted by Gasteiger charge is 2.06. The van der Waals surface area contributed by atoms with E-state index >= 15 is 0 Å². The first kappa shape index (κ1) is 10.9. The second-order valence-corrected chi connectivity index (χ2v) is 4.02. The third-order valence-electron chi connectivity index (χ3n) is 2.48. The third kappa shape index (κ3) is 1.86. The summed E-state index contributed by atoms with van der Waals surface area (Å²) in [6, 6.07) is 11.7. The number of nitrogens with zero attached hydrogens (tertiary/aromatic N) is 1. The number of hydrogen-bond donors (Lipinski definition) is 0. The molecule has 0 N–H and O–H groups in total. The summed E-state index contributed by atoms with van der Waals surface area (Å²) in [5.74, 6) is 0.637. The maximum absolute atomic E-state index is 10.5. The van der Waals surface area contributed by atoms with E-state index in [1.807, 2.05) is 55.4 Å². The molecular formula is C12H12NO2P. The maximum atomic E-state index is 10.5. The number of anilines is 1. The minimum Gasteiger partial charge on any atom is -0.407 e. The lowest BCUT2D eigenvalue weighted by Gasteiger charge is -2.15. The van der Waals surface area contributed by atoms with Gasteiger partial charge in [0.1, 0.15) is 5.75 Å². The van der Waals surface area contributed by atoms with Gasteiger partial charge in [-0.15, -0.1) is 0 Å². The van der Waals surface area contributed by atoms with Crippen molar-refractivity contribution in [3.8, 4) is 5.75 Å². The number of fused-ring (bicyclic) bond motifs is 1. The first-order valence-electron chi connectivity index (χ1n) is 4.93. The van der Waals surface area contributed by atoms with Crippen LogP contribution in [-0.4, -0.2) is 14.1 Å². The van der Waals surface area contributed by atoms with Crippen LogP contribution in [0.3, 0.4) is 0 Å². The Hall–Kier alpha value is -1.60. The first-order chi connectivity index (χ1) is 7.74. The van der Waals surface area contributed by atoms with Crippen LogP contribution in [0.15, 0.2) is 36.4 Å². The van der Waals surface area contributed by atoms with Crippen LogP contribution in [0.25, 0.3) is 10.8 Å². The monoisotopic (exact) mass is 233 g/mol. The normalized spacial score (nSPS) is 10.6. The average molecular weight is 233 g/mol. The highest BCUT2D eigenvalue weighted by molar-refractivity contribution is 7.17. The van der Waals surface area contributed by atoms with Crippen LogP contribution in [0.2, 0.25) is 0 Å². The molecule has 2 aromatic rings. The summed E-state index contributed by atoms with van der Waals surface area (Å²) >= 11 is 0. The molecule has 4 heteroatoms. The van der Waals surface area contributed by atoms with Crippen LogP contribution in [-0.2, 0) is 4.57 Å². The van der Waals surface area contributed by atoms with Crippen LogP contribution < -0.4 is 9.42 Å². The summed E-state index contributed by atoms with van der Waals surface area (Å²) in [5, 5.41) is 2.06. The van der Waals surface area contributed by atoms with E-state index < -0.39 is 0 Å². The molecule has 0 amide bonds. The predicted octanol–water partition coefficient (Wildman–Crippen LogP) is 3.49. The van der Waals surface area contributed by atoms with Gasteiger partial charge in [-0.05, 0) is 12.1 Å². The van der Waals surface area contributed by atoms with Crippen molar-refractivity contribution in [2.75, 3.05) is 19.0 Å². The summed E-state index contributed by atoms with van der Waals surface area (Å²) in [4.78, 5) is 2.04. The van der Waals surface area contributed by atoms with E-state index in [2.05, 4.69) is 0 Å². The standard InChI is InChI=1S/C12H12NO2P/c1-13(2)11-7-3-6-10-9(11)5-4-8-12(10)15-16-14/h3-8H,1-2H3. The van der Waals surface area contributed by atoms with Crippen molar-refractivity contribution in [1.82, 2.24) is 0 Å². The quantitative estimate of drug-likeness (QED) is 0.760. The lowest BCUT2D eigenvalue weighted by molar-refractivity contribution is 0.528. The summed E-state index contributed by atoms with van der Waals surface area (Å²) < 4.78 is 15.6. The van der Waals surface area contributed by atoms with Gasteiger partial charge >= 0.3 is 8.69 Å². The Balaban J connectivity index is 2.70. The van der Waals surface area contributed by atoms with Gasteiger partial charge in [-0.2, -0.15) is 0 Å². The molecule has 0 spiro atoms. The highest BCUT2D eigenvalue weighted by atomic mass is 31.1. The molecule has 0 atom stereocenters. The molecule has 0 heterocycles. The molecule has 0 unspecified atom stereocenters.